The predicted molar refractivity (Wildman–Crippen MR) is 172 cm³/mol. The average Bonchev–Trinajstić information content (AvgIpc) is 3.83. The lowest BCUT2D eigenvalue weighted by Crippen LogP contribution is -2.28. The quantitative estimate of drug-likeness (QED) is 0.183. The average molecular weight is 641 g/mol. The molecule has 0 spiro atoms. The molecule has 2 aromatic heterocycles. The van der Waals surface area contributed by atoms with Crippen LogP contribution >= 0.6 is 23.1 Å². The van der Waals surface area contributed by atoms with E-state index in [9.17, 15) is 14.0 Å². The van der Waals surface area contributed by atoms with E-state index >= 15 is 0 Å². The molecule has 228 valence electrons. The first-order chi connectivity index (χ1) is 21.9. The highest BCUT2D eigenvalue weighted by molar-refractivity contribution is 7.99. The Bertz CT molecular complexity index is 1840. The van der Waals surface area contributed by atoms with E-state index in [1.807, 2.05) is 71.5 Å². The monoisotopic (exact) mass is 640 g/mol. The number of nitrogens with zero attached hydrogens (tertiary/aromatic N) is 5. The van der Waals surface area contributed by atoms with Crippen LogP contribution in [0.4, 0.5) is 4.39 Å². The summed E-state index contributed by atoms with van der Waals surface area (Å²) in [6, 6.07) is 24.7. The lowest BCUT2D eigenvalue weighted by Gasteiger charge is -2.22. The molecular formula is C33H29FN6O3S2. The van der Waals surface area contributed by atoms with Crippen LogP contribution in [0.1, 0.15) is 44.6 Å². The summed E-state index contributed by atoms with van der Waals surface area (Å²) in [6.07, 6.45) is 0.474. The van der Waals surface area contributed by atoms with Crippen LogP contribution in [0.3, 0.4) is 0 Å². The number of thioether (sulfide) groups is 1. The third kappa shape index (κ3) is 6.81. The summed E-state index contributed by atoms with van der Waals surface area (Å²) in [7, 11) is 1.61. The number of ether oxygens (including phenoxy) is 1. The minimum atomic E-state index is -0.395. The molecule has 1 N–H and O–H groups in total. The van der Waals surface area contributed by atoms with Crippen LogP contribution in [0.5, 0.6) is 5.75 Å². The Kier molecular flexibility index (Phi) is 9.03. The maximum absolute atomic E-state index is 13.8. The van der Waals surface area contributed by atoms with Crippen molar-refractivity contribution in [2.45, 2.75) is 31.1 Å². The molecule has 1 aliphatic rings. The van der Waals surface area contributed by atoms with E-state index in [0.29, 0.717) is 22.3 Å². The standard InChI is InChI=1S/C33H29FN6O3S2/c1-21-5-3-6-25(17-21)39-30(19-35-32(42)29-7-4-16-44-29)36-37-33(39)45-20-31(41)40-28(23-8-12-24(34)13-9-23)18-27(38-40)22-10-14-26(43-2)15-11-22/h3-17,28H,18-20H2,1-2H3,(H,35,42)/t28-/m0/s1. The maximum Gasteiger partial charge on any atom is 0.261 e. The number of benzene rings is 3. The Hall–Kier alpha value is -4.81. The Morgan fingerprint density at radius 1 is 1.04 bits per heavy atom. The van der Waals surface area contributed by atoms with Crippen molar-refractivity contribution in [3.63, 3.8) is 0 Å². The van der Waals surface area contributed by atoms with Crippen molar-refractivity contribution in [2.24, 2.45) is 5.10 Å². The van der Waals surface area contributed by atoms with Crippen molar-refractivity contribution in [1.29, 1.82) is 0 Å². The van der Waals surface area contributed by atoms with E-state index < -0.39 is 6.04 Å². The number of amides is 2. The normalized spacial score (nSPS) is 14.3. The van der Waals surface area contributed by atoms with Gasteiger partial charge in [0.2, 0.25) is 0 Å². The van der Waals surface area contributed by atoms with Gasteiger partial charge in [-0.15, -0.1) is 21.5 Å². The molecular weight excluding hydrogens is 612 g/mol. The second-order valence-corrected chi connectivity index (χ2v) is 12.2. The van der Waals surface area contributed by atoms with Crippen LogP contribution in [-0.2, 0) is 11.3 Å². The fourth-order valence-electron chi connectivity index (χ4n) is 5.02. The maximum atomic E-state index is 13.8. The summed E-state index contributed by atoms with van der Waals surface area (Å²) in [5, 5.41) is 20.3. The second kappa shape index (κ2) is 13.4. The zero-order valence-corrected chi connectivity index (χ0v) is 26.1. The Balaban J connectivity index is 1.25. The molecule has 0 saturated heterocycles. The van der Waals surface area contributed by atoms with Crippen molar-refractivity contribution in [3.05, 3.63) is 124 Å². The molecule has 6 rings (SSSR count). The van der Waals surface area contributed by atoms with E-state index in [1.165, 1.54) is 40.2 Å². The number of hydrazone groups is 1. The zero-order chi connectivity index (χ0) is 31.3. The lowest BCUT2D eigenvalue weighted by atomic mass is 9.98. The molecule has 2 amide bonds. The van der Waals surface area contributed by atoms with E-state index in [2.05, 4.69) is 15.5 Å². The highest BCUT2D eigenvalue weighted by atomic mass is 32.2. The van der Waals surface area contributed by atoms with E-state index in [-0.39, 0.29) is 29.9 Å². The van der Waals surface area contributed by atoms with Crippen LogP contribution < -0.4 is 10.1 Å². The topological polar surface area (TPSA) is 102 Å². The van der Waals surface area contributed by atoms with Gasteiger partial charge in [0.25, 0.3) is 11.8 Å². The Morgan fingerprint density at radius 2 is 1.84 bits per heavy atom. The van der Waals surface area contributed by atoms with Gasteiger partial charge in [0.05, 0.1) is 36.0 Å². The van der Waals surface area contributed by atoms with Crippen LogP contribution in [0.15, 0.2) is 101 Å². The van der Waals surface area contributed by atoms with Crippen LogP contribution in [0.25, 0.3) is 5.69 Å². The van der Waals surface area contributed by atoms with Crippen LogP contribution in [0, 0.1) is 12.7 Å². The molecule has 0 fully saturated rings. The number of thiophene rings is 1. The van der Waals surface area contributed by atoms with Gasteiger partial charge < -0.3 is 10.1 Å². The number of rotatable bonds is 10. The summed E-state index contributed by atoms with van der Waals surface area (Å²) in [5.41, 5.74) is 4.27. The van der Waals surface area contributed by atoms with Gasteiger partial charge in [-0.3, -0.25) is 14.2 Å². The third-order valence-corrected chi connectivity index (χ3v) is 9.06. The van der Waals surface area contributed by atoms with Crippen molar-refractivity contribution in [2.75, 3.05) is 12.9 Å². The largest absolute Gasteiger partial charge is 0.497 e. The van der Waals surface area contributed by atoms with Gasteiger partial charge in [0.15, 0.2) is 11.0 Å². The number of methoxy groups -OCH3 is 1. The minimum absolute atomic E-state index is 0.0303. The van der Waals surface area contributed by atoms with Gasteiger partial charge in [-0.05, 0) is 83.6 Å². The molecule has 12 heteroatoms. The van der Waals surface area contributed by atoms with Crippen LogP contribution in [0.2, 0.25) is 0 Å². The predicted octanol–water partition coefficient (Wildman–Crippen LogP) is 6.18. The number of aryl methyl sites for hydroxylation is 1. The molecule has 0 unspecified atom stereocenters. The minimum Gasteiger partial charge on any atom is -0.497 e. The molecule has 0 bridgehead atoms. The number of hydrogen-bond donors (Lipinski definition) is 1. The number of carbonyl (C=O) groups excluding carboxylic acids is 2. The third-order valence-electron chi connectivity index (χ3n) is 7.28. The fourth-order valence-corrected chi connectivity index (χ4v) is 6.49. The number of carbonyl (C=O) groups is 2. The second-order valence-electron chi connectivity index (χ2n) is 10.3. The van der Waals surface area contributed by atoms with Gasteiger partial charge in [0, 0.05) is 12.1 Å². The Labute approximate surface area is 267 Å². The first kappa shape index (κ1) is 30.2. The van der Waals surface area contributed by atoms with Gasteiger partial charge >= 0.3 is 0 Å². The molecule has 45 heavy (non-hydrogen) atoms. The van der Waals surface area contributed by atoms with Crippen molar-refractivity contribution in [1.82, 2.24) is 25.1 Å². The molecule has 9 nitrogen and oxygen atoms in total. The van der Waals surface area contributed by atoms with Crippen LogP contribution in [-0.4, -0.2) is 50.2 Å². The number of aromatic nitrogens is 3. The van der Waals surface area contributed by atoms with Gasteiger partial charge in [-0.1, -0.05) is 42.1 Å². The van der Waals surface area contributed by atoms with Crippen molar-refractivity contribution < 1.29 is 18.7 Å². The summed E-state index contributed by atoms with van der Waals surface area (Å²) >= 11 is 2.60. The van der Waals surface area contributed by atoms with E-state index in [4.69, 9.17) is 9.84 Å². The molecule has 0 radical (unpaired) electrons. The summed E-state index contributed by atoms with van der Waals surface area (Å²) in [5.74, 6) is 0.511. The number of halogens is 1. The molecule has 3 aromatic carbocycles. The molecule has 0 saturated carbocycles. The van der Waals surface area contributed by atoms with E-state index in [0.717, 1.165) is 33.8 Å². The molecule has 0 aliphatic carbocycles. The number of hydrogen-bond acceptors (Lipinski definition) is 8. The molecule has 1 aliphatic heterocycles. The SMILES string of the molecule is COc1ccc(C2=NN(C(=O)CSc3nnc(CNC(=O)c4cccs4)n3-c3cccc(C)c3)[C@H](c3ccc(F)cc3)C2)cc1. The molecule has 3 heterocycles. The highest BCUT2D eigenvalue weighted by Crippen LogP contribution is 2.34. The lowest BCUT2D eigenvalue weighted by molar-refractivity contribution is -0.130. The Morgan fingerprint density at radius 3 is 2.56 bits per heavy atom. The van der Waals surface area contributed by atoms with Gasteiger partial charge in [-0.25, -0.2) is 9.40 Å². The van der Waals surface area contributed by atoms with E-state index in [1.54, 1.807) is 25.3 Å². The number of nitrogens with one attached hydrogen (secondary N) is 1. The summed E-state index contributed by atoms with van der Waals surface area (Å²) < 4.78 is 20.9. The summed E-state index contributed by atoms with van der Waals surface area (Å²) in [4.78, 5) is 27.0. The zero-order valence-electron chi connectivity index (χ0n) is 24.5. The molecule has 1 atom stereocenters. The molecule has 5 aromatic rings. The van der Waals surface area contributed by atoms with Crippen molar-refractivity contribution in [3.8, 4) is 11.4 Å². The summed E-state index contributed by atoms with van der Waals surface area (Å²) in [6.45, 7) is 2.14. The highest BCUT2D eigenvalue weighted by Gasteiger charge is 2.33. The first-order valence-corrected chi connectivity index (χ1v) is 16.0. The fraction of sp³-hybridized carbons (Fsp3) is 0.182. The van der Waals surface area contributed by atoms with Crippen molar-refractivity contribution >= 4 is 40.6 Å². The smallest absolute Gasteiger partial charge is 0.261 e. The first-order valence-electron chi connectivity index (χ1n) is 14.1. The van der Waals surface area contributed by atoms with Gasteiger partial charge in [0.1, 0.15) is 11.6 Å². The van der Waals surface area contributed by atoms with Gasteiger partial charge in [-0.2, -0.15) is 5.10 Å².